The number of hydrogen-bond acceptors (Lipinski definition) is 4. The van der Waals surface area contributed by atoms with Gasteiger partial charge in [0.25, 0.3) is 0 Å². The molecular formula is C22H35IN4O2. The van der Waals surface area contributed by atoms with E-state index in [1.54, 1.807) is 14.2 Å². The molecule has 2 aliphatic heterocycles. The van der Waals surface area contributed by atoms with Crippen molar-refractivity contribution in [3.05, 3.63) is 23.3 Å². The van der Waals surface area contributed by atoms with Gasteiger partial charge in [0.2, 0.25) is 0 Å². The summed E-state index contributed by atoms with van der Waals surface area (Å²) < 4.78 is 11.0. The van der Waals surface area contributed by atoms with Crippen LogP contribution in [0.3, 0.4) is 0 Å². The molecule has 1 saturated carbocycles. The number of benzene rings is 1. The van der Waals surface area contributed by atoms with E-state index >= 15 is 0 Å². The van der Waals surface area contributed by atoms with Crippen molar-refractivity contribution in [3.8, 4) is 11.5 Å². The van der Waals surface area contributed by atoms with Crippen molar-refractivity contribution in [3.63, 3.8) is 0 Å². The van der Waals surface area contributed by atoms with Gasteiger partial charge >= 0.3 is 0 Å². The second-order valence-corrected chi connectivity index (χ2v) is 8.22. The lowest BCUT2D eigenvalue weighted by atomic mass is 9.99. The molecule has 2 heterocycles. The van der Waals surface area contributed by atoms with Gasteiger partial charge in [0, 0.05) is 38.8 Å². The van der Waals surface area contributed by atoms with Crippen molar-refractivity contribution in [2.24, 2.45) is 10.9 Å². The van der Waals surface area contributed by atoms with Gasteiger partial charge in [-0.15, -0.1) is 24.0 Å². The summed E-state index contributed by atoms with van der Waals surface area (Å²) in [6.07, 6.45) is 5.10. The van der Waals surface area contributed by atoms with Crippen LogP contribution in [-0.2, 0) is 13.0 Å². The van der Waals surface area contributed by atoms with E-state index in [2.05, 4.69) is 34.2 Å². The smallest absolute Gasteiger partial charge is 0.194 e. The van der Waals surface area contributed by atoms with E-state index in [-0.39, 0.29) is 24.0 Å². The van der Waals surface area contributed by atoms with Crippen molar-refractivity contribution < 1.29 is 9.47 Å². The minimum Gasteiger partial charge on any atom is -0.493 e. The largest absolute Gasteiger partial charge is 0.493 e. The van der Waals surface area contributed by atoms with Gasteiger partial charge in [-0.2, -0.15) is 0 Å². The number of methoxy groups -OCH3 is 2. The predicted octanol–water partition coefficient (Wildman–Crippen LogP) is 3.13. The third-order valence-corrected chi connectivity index (χ3v) is 6.23. The summed E-state index contributed by atoms with van der Waals surface area (Å²) in [5.74, 6) is 3.37. The predicted molar refractivity (Wildman–Crippen MR) is 128 cm³/mol. The molecule has 0 spiro atoms. The molecule has 1 atom stereocenters. The van der Waals surface area contributed by atoms with Crippen molar-refractivity contribution >= 4 is 29.9 Å². The van der Waals surface area contributed by atoms with Gasteiger partial charge in [0.05, 0.1) is 14.2 Å². The number of aliphatic imine (C=N–C) groups is 1. The molecule has 0 bridgehead atoms. The number of hydrogen-bond donors (Lipinski definition) is 1. The van der Waals surface area contributed by atoms with Crippen molar-refractivity contribution in [2.45, 2.75) is 45.2 Å². The Morgan fingerprint density at radius 1 is 1.10 bits per heavy atom. The van der Waals surface area contributed by atoms with Crippen molar-refractivity contribution in [1.29, 1.82) is 0 Å². The highest BCUT2D eigenvalue weighted by Crippen LogP contribution is 2.34. The summed E-state index contributed by atoms with van der Waals surface area (Å²) in [5.41, 5.74) is 2.65. The van der Waals surface area contributed by atoms with E-state index in [1.807, 2.05) is 0 Å². The molecule has 1 unspecified atom stereocenters. The van der Waals surface area contributed by atoms with Gasteiger partial charge in [0.1, 0.15) is 0 Å². The van der Waals surface area contributed by atoms with Gasteiger partial charge in [-0.05, 0) is 68.3 Å². The molecule has 1 N–H and O–H groups in total. The second-order valence-electron chi connectivity index (χ2n) is 8.22. The summed E-state index contributed by atoms with van der Waals surface area (Å²) in [6, 6.07) is 5.13. The maximum Gasteiger partial charge on any atom is 0.194 e. The molecule has 4 rings (SSSR count). The quantitative estimate of drug-likeness (QED) is 0.359. The highest BCUT2D eigenvalue weighted by molar-refractivity contribution is 14.0. The molecule has 0 radical (unpaired) electrons. The van der Waals surface area contributed by atoms with Crippen LogP contribution in [0, 0.1) is 5.92 Å². The van der Waals surface area contributed by atoms with Crippen LogP contribution in [0.5, 0.6) is 11.5 Å². The van der Waals surface area contributed by atoms with Crippen LogP contribution in [-0.4, -0.2) is 68.7 Å². The highest BCUT2D eigenvalue weighted by Gasteiger charge is 2.34. The van der Waals surface area contributed by atoms with E-state index in [0.29, 0.717) is 5.92 Å². The Balaban J connectivity index is 0.00000240. The number of halogens is 1. The molecular weight excluding hydrogens is 479 g/mol. The van der Waals surface area contributed by atoms with E-state index in [9.17, 15) is 0 Å². The second kappa shape index (κ2) is 10.2. The topological polar surface area (TPSA) is 49.3 Å². The number of rotatable bonds is 6. The third kappa shape index (κ3) is 5.29. The zero-order chi connectivity index (χ0) is 19.5. The first-order valence-electron chi connectivity index (χ1n) is 10.7. The SMILES string of the molecule is CCNC(=NCC1CCN(C2CC2)C1)N1CCc2cc(OC)c(OC)cc2C1.I. The summed E-state index contributed by atoms with van der Waals surface area (Å²) in [4.78, 5) is 10.1. The maximum atomic E-state index is 5.50. The Hall–Kier alpha value is -1.22. The van der Waals surface area contributed by atoms with Crippen LogP contribution < -0.4 is 14.8 Å². The zero-order valence-electron chi connectivity index (χ0n) is 17.9. The Morgan fingerprint density at radius 2 is 1.83 bits per heavy atom. The van der Waals surface area contributed by atoms with Crippen LogP contribution in [0.1, 0.15) is 37.3 Å². The fraction of sp³-hybridized carbons (Fsp3) is 0.682. The molecule has 29 heavy (non-hydrogen) atoms. The highest BCUT2D eigenvalue weighted by atomic mass is 127. The number of likely N-dealkylation sites (tertiary alicyclic amines) is 1. The molecule has 2 fully saturated rings. The van der Waals surface area contributed by atoms with Gasteiger partial charge in [-0.3, -0.25) is 4.99 Å². The summed E-state index contributed by atoms with van der Waals surface area (Å²) in [6.45, 7) is 8.31. The molecule has 6 nitrogen and oxygen atoms in total. The van der Waals surface area contributed by atoms with E-state index < -0.39 is 0 Å². The lowest BCUT2D eigenvalue weighted by molar-refractivity contribution is 0.315. The number of nitrogens with zero attached hydrogens (tertiary/aromatic N) is 3. The number of guanidine groups is 1. The van der Waals surface area contributed by atoms with Gasteiger partial charge in [-0.1, -0.05) is 0 Å². The molecule has 7 heteroatoms. The number of ether oxygens (including phenoxy) is 2. The molecule has 0 aromatic heterocycles. The Bertz CT molecular complexity index is 723. The maximum absolute atomic E-state index is 5.50. The first kappa shape index (κ1) is 22.5. The lowest BCUT2D eigenvalue weighted by Crippen LogP contribution is -2.44. The summed E-state index contributed by atoms with van der Waals surface area (Å²) >= 11 is 0. The molecule has 1 aromatic rings. The minimum atomic E-state index is 0. The number of nitrogens with one attached hydrogen (secondary N) is 1. The van der Waals surface area contributed by atoms with Crippen LogP contribution in [0.2, 0.25) is 0 Å². The molecule has 1 saturated heterocycles. The van der Waals surface area contributed by atoms with E-state index in [4.69, 9.17) is 14.5 Å². The zero-order valence-corrected chi connectivity index (χ0v) is 20.3. The third-order valence-electron chi connectivity index (χ3n) is 6.23. The average molecular weight is 514 g/mol. The minimum absolute atomic E-state index is 0. The Labute approximate surface area is 192 Å². The van der Waals surface area contributed by atoms with Crippen LogP contribution >= 0.6 is 24.0 Å². The standard InChI is InChI=1S/C22H34N4O2.HI/c1-4-23-22(24-13-16-7-9-25(14-16)19-5-6-19)26-10-8-17-11-20(27-2)21(28-3)12-18(17)15-26;/h11-12,16,19H,4-10,13-15H2,1-3H3,(H,23,24);1H. The van der Waals surface area contributed by atoms with E-state index in [0.717, 1.165) is 56.1 Å². The molecule has 3 aliphatic rings. The normalized spacial score (nSPS) is 22.1. The first-order valence-corrected chi connectivity index (χ1v) is 10.7. The summed E-state index contributed by atoms with van der Waals surface area (Å²) in [7, 11) is 3.39. The fourth-order valence-corrected chi connectivity index (χ4v) is 4.49. The molecule has 1 aliphatic carbocycles. The van der Waals surface area contributed by atoms with E-state index in [1.165, 1.54) is 43.5 Å². The summed E-state index contributed by atoms with van der Waals surface area (Å²) in [5, 5.41) is 3.51. The van der Waals surface area contributed by atoms with Gasteiger partial charge in [-0.25, -0.2) is 0 Å². The van der Waals surface area contributed by atoms with Crippen LogP contribution in [0.4, 0.5) is 0 Å². The average Bonchev–Trinajstić information content (AvgIpc) is 3.47. The van der Waals surface area contributed by atoms with Crippen molar-refractivity contribution in [2.75, 3.05) is 46.9 Å². The van der Waals surface area contributed by atoms with Gasteiger partial charge in [0.15, 0.2) is 17.5 Å². The first-order chi connectivity index (χ1) is 13.7. The monoisotopic (exact) mass is 514 g/mol. The van der Waals surface area contributed by atoms with Crippen LogP contribution in [0.15, 0.2) is 17.1 Å². The van der Waals surface area contributed by atoms with Crippen molar-refractivity contribution in [1.82, 2.24) is 15.1 Å². The fourth-order valence-electron chi connectivity index (χ4n) is 4.49. The number of fused-ring (bicyclic) bond motifs is 1. The molecule has 0 amide bonds. The molecule has 1 aromatic carbocycles. The van der Waals surface area contributed by atoms with Gasteiger partial charge < -0.3 is 24.6 Å². The molecule has 162 valence electrons. The Kier molecular flexibility index (Phi) is 7.90. The lowest BCUT2D eigenvalue weighted by Gasteiger charge is -2.32. The Morgan fingerprint density at radius 3 is 2.48 bits per heavy atom. The van der Waals surface area contributed by atoms with Crippen LogP contribution in [0.25, 0.3) is 0 Å².